The van der Waals surface area contributed by atoms with Gasteiger partial charge in [-0.05, 0) is 41.9 Å². The fourth-order valence-electron chi connectivity index (χ4n) is 2.86. The van der Waals surface area contributed by atoms with Crippen molar-refractivity contribution in [1.29, 1.82) is 0 Å². The molecule has 0 fully saturated rings. The number of fused-ring (bicyclic) bond motifs is 1. The fourth-order valence-corrected chi connectivity index (χ4v) is 3.93. The van der Waals surface area contributed by atoms with Crippen molar-refractivity contribution in [2.45, 2.75) is 47.5 Å². The van der Waals surface area contributed by atoms with Gasteiger partial charge in [-0.25, -0.2) is 8.42 Å². The lowest BCUT2D eigenvalue weighted by atomic mass is 9.88. The Morgan fingerprint density at radius 1 is 1.26 bits per heavy atom. The maximum Gasteiger partial charge on any atom is 0.234 e. The highest BCUT2D eigenvalue weighted by atomic mass is 32.2. The first-order chi connectivity index (χ1) is 10.6. The molecule has 1 N–H and O–H groups in total. The Labute approximate surface area is 141 Å². The van der Waals surface area contributed by atoms with Crippen molar-refractivity contribution < 1.29 is 8.42 Å². The monoisotopic (exact) mass is 338 g/mol. The number of nitrogens with zero attached hydrogens (tertiary/aromatic N) is 1. The number of anilines is 2. The van der Waals surface area contributed by atoms with E-state index in [9.17, 15) is 8.42 Å². The van der Waals surface area contributed by atoms with Crippen LogP contribution in [0.5, 0.6) is 0 Å². The number of rotatable bonds is 4. The van der Waals surface area contributed by atoms with Crippen LogP contribution >= 0.6 is 0 Å². The van der Waals surface area contributed by atoms with Crippen LogP contribution in [0.3, 0.4) is 0 Å². The SMILES string of the molecule is CC(C)CCN1CCS(=O)(=O)Nc2ccc(CC(C)(C)C)cc21. The molecule has 0 bridgehead atoms. The van der Waals surface area contributed by atoms with Gasteiger partial charge in [0.2, 0.25) is 10.0 Å². The molecule has 0 amide bonds. The van der Waals surface area contributed by atoms with Gasteiger partial charge in [0.15, 0.2) is 0 Å². The van der Waals surface area contributed by atoms with Crippen LogP contribution in [-0.2, 0) is 16.4 Å². The molecule has 130 valence electrons. The van der Waals surface area contributed by atoms with Gasteiger partial charge in [-0.1, -0.05) is 40.7 Å². The van der Waals surface area contributed by atoms with E-state index in [0.29, 0.717) is 18.2 Å². The number of benzene rings is 1. The molecule has 1 aromatic rings. The Balaban J connectivity index is 2.36. The zero-order chi connectivity index (χ0) is 17.3. The van der Waals surface area contributed by atoms with Gasteiger partial charge in [-0.15, -0.1) is 0 Å². The lowest BCUT2D eigenvalue weighted by Gasteiger charge is -2.26. The Morgan fingerprint density at radius 3 is 2.57 bits per heavy atom. The van der Waals surface area contributed by atoms with E-state index in [2.05, 4.69) is 50.3 Å². The van der Waals surface area contributed by atoms with Crippen LogP contribution in [0.4, 0.5) is 11.4 Å². The van der Waals surface area contributed by atoms with Crippen molar-refractivity contribution in [2.24, 2.45) is 11.3 Å². The second-order valence-electron chi connectivity index (χ2n) is 8.18. The summed E-state index contributed by atoms with van der Waals surface area (Å²) >= 11 is 0. The van der Waals surface area contributed by atoms with Gasteiger partial charge >= 0.3 is 0 Å². The number of nitrogens with one attached hydrogen (secondary N) is 1. The molecule has 4 nitrogen and oxygen atoms in total. The second kappa shape index (κ2) is 6.71. The summed E-state index contributed by atoms with van der Waals surface area (Å²) in [6.07, 6.45) is 2.04. The highest BCUT2D eigenvalue weighted by Gasteiger charge is 2.24. The standard InChI is InChI=1S/C18H30N2O2S/c1-14(2)8-9-20-10-11-23(21,22)19-16-7-6-15(12-17(16)20)13-18(3,4)5/h6-7,12,14,19H,8-11,13H2,1-5H3. The quantitative estimate of drug-likeness (QED) is 0.906. The molecule has 0 aliphatic carbocycles. The minimum Gasteiger partial charge on any atom is -0.369 e. The molecule has 0 unspecified atom stereocenters. The highest BCUT2D eigenvalue weighted by molar-refractivity contribution is 7.92. The van der Waals surface area contributed by atoms with Gasteiger partial charge in [0.05, 0.1) is 17.1 Å². The first-order valence-electron chi connectivity index (χ1n) is 8.44. The smallest absolute Gasteiger partial charge is 0.234 e. The van der Waals surface area contributed by atoms with Gasteiger partial charge in [0, 0.05) is 13.1 Å². The third-order valence-corrected chi connectivity index (χ3v) is 5.26. The van der Waals surface area contributed by atoms with Gasteiger partial charge in [-0.2, -0.15) is 0 Å². The van der Waals surface area contributed by atoms with Crippen LogP contribution in [0.1, 0.15) is 46.6 Å². The molecule has 0 aromatic heterocycles. The number of hydrogen-bond donors (Lipinski definition) is 1. The molecule has 1 aliphatic rings. The number of hydrogen-bond acceptors (Lipinski definition) is 3. The van der Waals surface area contributed by atoms with Crippen molar-refractivity contribution in [3.05, 3.63) is 23.8 Å². The van der Waals surface area contributed by atoms with Crippen molar-refractivity contribution in [2.75, 3.05) is 28.5 Å². The summed E-state index contributed by atoms with van der Waals surface area (Å²) < 4.78 is 26.9. The minimum atomic E-state index is -3.24. The molecular formula is C18H30N2O2S. The zero-order valence-electron chi connectivity index (χ0n) is 15.0. The second-order valence-corrected chi connectivity index (χ2v) is 10.0. The normalized spacial score (nSPS) is 17.6. The molecular weight excluding hydrogens is 308 g/mol. The predicted molar refractivity (Wildman–Crippen MR) is 98.7 cm³/mol. The van der Waals surface area contributed by atoms with Gasteiger partial charge in [-0.3, -0.25) is 4.72 Å². The van der Waals surface area contributed by atoms with Gasteiger partial charge in [0.25, 0.3) is 0 Å². The maximum absolute atomic E-state index is 12.1. The van der Waals surface area contributed by atoms with Crippen molar-refractivity contribution >= 4 is 21.4 Å². The Morgan fingerprint density at radius 2 is 1.96 bits per heavy atom. The summed E-state index contributed by atoms with van der Waals surface area (Å²) in [7, 11) is -3.24. The Bertz CT molecular complexity index is 645. The molecule has 1 heterocycles. The van der Waals surface area contributed by atoms with Crippen LogP contribution in [0.15, 0.2) is 18.2 Å². The number of sulfonamides is 1. The molecule has 0 atom stereocenters. The summed E-state index contributed by atoms with van der Waals surface area (Å²) in [5.41, 5.74) is 3.20. The van der Waals surface area contributed by atoms with Gasteiger partial charge in [0.1, 0.15) is 0 Å². The minimum absolute atomic E-state index is 0.147. The molecule has 1 aliphatic heterocycles. The zero-order valence-corrected chi connectivity index (χ0v) is 15.8. The van der Waals surface area contributed by atoms with E-state index in [1.807, 2.05) is 12.1 Å². The largest absolute Gasteiger partial charge is 0.369 e. The van der Waals surface area contributed by atoms with Crippen LogP contribution in [0.25, 0.3) is 0 Å². The van der Waals surface area contributed by atoms with Crippen molar-refractivity contribution in [1.82, 2.24) is 0 Å². The first kappa shape index (κ1) is 18.1. The summed E-state index contributed by atoms with van der Waals surface area (Å²) in [5, 5.41) is 0. The first-order valence-corrected chi connectivity index (χ1v) is 10.1. The molecule has 1 aromatic carbocycles. The topological polar surface area (TPSA) is 49.4 Å². The molecule has 0 radical (unpaired) electrons. The summed E-state index contributed by atoms with van der Waals surface area (Å²) in [4.78, 5) is 2.22. The average Bonchev–Trinajstić information content (AvgIpc) is 2.50. The molecule has 5 heteroatoms. The Hall–Kier alpha value is -1.23. The Kier molecular flexibility index (Phi) is 5.29. The summed E-state index contributed by atoms with van der Waals surface area (Å²) in [5.74, 6) is 0.748. The van der Waals surface area contributed by atoms with E-state index in [0.717, 1.165) is 25.1 Å². The third-order valence-electron chi connectivity index (χ3n) is 4.01. The van der Waals surface area contributed by atoms with E-state index in [1.165, 1.54) is 5.56 Å². The molecule has 2 rings (SSSR count). The van der Waals surface area contributed by atoms with Crippen molar-refractivity contribution in [3.63, 3.8) is 0 Å². The van der Waals surface area contributed by atoms with Crippen LogP contribution in [0, 0.1) is 11.3 Å². The van der Waals surface area contributed by atoms with Gasteiger partial charge < -0.3 is 4.90 Å². The highest BCUT2D eigenvalue weighted by Crippen LogP contribution is 2.33. The average molecular weight is 339 g/mol. The summed E-state index contributed by atoms with van der Waals surface area (Å²) in [6.45, 7) is 12.5. The lowest BCUT2D eigenvalue weighted by molar-refractivity contribution is 0.411. The van der Waals surface area contributed by atoms with Crippen LogP contribution in [-0.4, -0.2) is 27.3 Å². The fraction of sp³-hybridized carbons (Fsp3) is 0.667. The van der Waals surface area contributed by atoms with Crippen LogP contribution in [0.2, 0.25) is 0 Å². The summed E-state index contributed by atoms with van der Waals surface area (Å²) in [6, 6.07) is 6.12. The van der Waals surface area contributed by atoms with E-state index in [-0.39, 0.29) is 11.2 Å². The molecule has 0 saturated heterocycles. The molecule has 23 heavy (non-hydrogen) atoms. The lowest BCUT2D eigenvalue weighted by Crippen LogP contribution is -2.29. The van der Waals surface area contributed by atoms with Crippen molar-refractivity contribution in [3.8, 4) is 0 Å². The van der Waals surface area contributed by atoms with Crippen LogP contribution < -0.4 is 9.62 Å². The molecule has 0 saturated carbocycles. The third kappa shape index (κ3) is 5.41. The van der Waals surface area contributed by atoms with E-state index in [1.54, 1.807) is 0 Å². The van der Waals surface area contributed by atoms with E-state index < -0.39 is 10.0 Å². The van der Waals surface area contributed by atoms with E-state index in [4.69, 9.17) is 0 Å². The molecule has 0 spiro atoms. The predicted octanol–water partition coefficient (Wildman–Crippen LogP) is 3.88. The maximum atomic E-state index is 12.1. The van der Waals surface area contributed by atoms with E-state index >= 15 is 0 Å².